The summed E-state index contributed by atoms with van der Waals surface area (Å²) in [5.41, 5.74) is 0.783. The molecule has 1 saturated carbocycles. The molecule has 1 aromatic carbocycles. The first-order valence-corrected chi connectivity index (χ1v) is 5.46. The molecule has 0 aromatic heterocycles. The second kappa shape index (κ2) is 3.39. The summed E-state index contributed by atoms with van der Waals surface area (Å²) < 4.78 is 0.992. The first-order valence-electron chi connectivity index (χ1n) is 4.67. The summed E-state index contributed by atoms with van der Waals surface area (Å²) in [4.78, 5) is 11.7. The predicted octanol–water partition coefficient (Wildman–Crippen LogP) is 2.73. The Kier molecular flexibility index (Phi) is 2.35. The number of nitrogens with one attached hydrogen (secondary N) is 1. The van der Waals surface area contributed by atoms with Gasteiger partial charge in [0.1, 0.15) is 0 Å². The highest BCUT2D eigenvalue weighted by atomic mass is 79.9. The van der Waals surface area contributed by atoms with Gasteiger partial charge in [-0.1, -0.05) is 15.9 Å². The topological polar surface area (TPSA) is 29.1 Å². The minimum atomic E-state index is 0.0255. The summed E-state index contributed by atoms with van der Waals surface area (Å²) in [6, 6.07) is 7.41. The molecule has 1 N–H and O–H groups in total. The number of hydrogen-bond acceptors (Lipinski definition) is 1. The molecule has 14 heavy (non-hydrogen) atoms. The monoisotopic (exact) mass is 253 g/mol. The van der Waals surface area contributed by atoms with E-state index in [1.54, 1.807) is 0 Å². The normalized spacial score (nSPS) is 17.6. The largest absolute Gasteiger partial charge is 0.347 e. The van der Waals surface area contributed by atoms with E-state index >= 15 is 0 Å². The van der Waals surface area contributed by atoms with Crippen LogP contribution in [0.3, 0.4) is 0 Å². The van der Waals surface area contributed by atoms with E-state index < -0.39 is 0 Å². The first kappa shape index (κ1) is 9.71. The Morgan fingerprint density at radius 3 is 2.43 bits per heavy atom. The van der Waals surface area contributed by atoms with E-state index in [1.807, 2.05) is 24.3 Å². The lowest BCUT2D eigenvalue weighted by molar-refractivity contribution is 0.0935. The second-order valence-electron chi connectivity index (χ2n) is 4.02. The van der Waals surface area contributed by atoms with Crippen molar-refractivity contribution in [2.24, 2.45) is 0 Å². The number of halogens is 1. The minimum absolute atomic E-state index is 0.0255. The molecule has 1 aromatic rings. The molecule has 2 nitrogen and oxygen atoms in total. The number of benzene rings is 1. The molecule has 1 amide bonds. The van der Waals surface area contributed by atoms with Crippen molar-refractivity contribution in [3.63, 3.8) is 0 Å². The third-order valence-corrected chi connectivity index (χ3v) is 3.05. The van der Waals surface area contributed by atoms with Crippen LogP contribution in [0.2, 0.25) is 0 Å². The molecule has 0 heterocycles. The smallest absolute Gasteiger partial charge is 0.251 e. The van der Waals surface area contributed by atoms with Crippen LogP contribution in [0.5, 0.6) is 0 Å². The standard InChI is InChI=1S/C11H12BrNO/c1-11(6-7-11)13-10(14)8-2-4-9(12)5-3-8/h2-5H,6-7H2,1H3,(H,13,14). The average molecular weight is 254 g/mol. The number of rotatable bonds is 2. The summed E-state index contributed by atoms with van der Waals surface area (Å²) in [7, 11) is 0. The molecule has 1 aliphatic rings. The summed E-state index contributed by atoms with van der Waals surface area (Å²) >= 11 is 3.34. The van der Waals surface area contributed by atoms with Gasteiger partial charge in [-0.25, -0.2) is 0 Å². The van der Waals surface area contributed by atoms with Gasteiger partial charge in [-0.05, 0) is 44.0 Å². The molecule has 0 radical (unpaired) electrons. The highest BCUT2D eigenvalue weighted by Crippen LogP contribution is 2.34. The highest BCUT2D eigenvalue weighted by molar-refractivity contribution is 9.10. The Balaban J connectivity index is 2.07. The number of hydrogen-bond donors (Lipinski definition) is 1. The van der Waals surface area contributed by atoms with Crippen LogP contribution < -0.4 is 5.32 Å². The zero-order valence-electron chi connectivity index (χ0n) is 8.01. The van der Waals surface area contributed by atoms with Gasteiger partial charge in [-0.15, -0.1) is 0 Å². The molecular formula is C11H12BrNO. The van der Waals surface area contributed by atoms with Crippen molar-refractivity contribution in [1.82, 2.24) is 5.32 Å². The number of amides is 1. The van der Waals surface area contributed by atoms with Gasteiger partial charge in [-0.3, -0.25) is 4.79 Å². The fraction of sp³-hybridized carbons (Fsp3) is 0.364. The van der Waals surface area contributed by atoms with Gasteiger partial charge in [0, 0.05) is 15.6 Å². The lowest BCUT2D eigenvalue weighted by atomic mass is 10.2. The molecule has 0 unspecified atom stereocenters. The van der Waals surface area contributed by atoms with E-state index in [9.17, 15) is 4.79 Å². The van der Waals surface area contributed by atoms with E-state index in [1.165, 1.54) is 0 Å². The molecule has 0 atom stereocenters. The molecule has 3 heteroatoms. The van der Waals surface area contributed by atoms with Crippen LogP contribution in [0.15, 0.2) is 28.7 Å². The predicted molar refractivity (Wildman–Crippen MR) is 59.2 cm³/mol. The van der Waals surface area contributed by atoms with Crippen molar-refractivity contribution in [2.75, 3.05) is 0 Å². The van der Waals surface area contributed by atoms with Crippen molar-refractivity contribution < 1.29 is 4.79 Å². The second-order valence-corrected chi connectivity index (χ2v) is 4.94. The maximum atomic E-state index is 11.7. The quantitative estimate of drug-likeness (QED) is 0.863. The van der Waals surface area contributed by atoms with Crippen LogP contribution in [-0.4, -0.2) is 11.4 Å². The van der Waals surface area contributed by atoms with E-state index in [0.717, 1.165) is 22.9 Å². The third kappa shape index (κ3) is 2.15. The van der Waals surface area contributed by atoms with E-state index in [-0.39, 0.29) is 11.4 Å². The Morgan fingerprint density at radius 2 is 1.93 bits per heavy atom. The summed E-state index contributed by atoms with van der Waals surface area (Å²) in [5, 5.41) is 3.01. The van der Waals surface area contributed by atoms with E-state index in [0.29, 0.717) is 0 Å². The fourth-order valence-electron chi connectivity index (χ4n) is 1.26. The summed E-state index contributed by atoms with van der Waals surface area (Å²) in [6.45, 7) is 2.07. The zero-order chi connectivity index (χ0) is 10.2. The van der Waals surface area contributed by atoms with Crippen molar-refractivity contribution in [2.45, 2.75) is 25.3 Å². The third-order valence-electron chi connectivity index (χ3n) is 2.52. The number of carbonyl (C=O) groups excluding carboxylic acids is 1. The average Bonchev–Trinajstić information content (AvgIpc) is 2.84. The number of carbonyl (C=O) groups is 1. The zero-order valence-corrected chi connectivity index (χ0v) is 9.60. The molecule has 1 fully saturated rings. The molecule has 1 aliphatic carbocycles. The Hall–Kier alpha value is -0.830. The Morgan fingerprint density at radius 1 is 1.36 bits per heavy atom. The van der Waals surface area contributed by atoms with Gasteiger partial charge < -0.3 is 5.32 Å². The molecule has 0 bridgehead atoms. The molecular weight excluding hydrogens is 242 g/mol. The van der Waals surface area contributed by atoms with Crippen LogP contribution in [0.25, 0.3) is 0 Å². The summed E-state index contributed by atoms with van der Waals surface area (Å²) in [6.07, 6.45) is 2.19. The molecule has 0 saturated heterocycles. The van der Waals surface area contributed by atoms with Gasteiger partial charge in [0.2, 0.25) is 0 Å². The van der Waals surface area contributed by atoms with Crippen LogP contribution in [-0.2, 0) is 0 Å². The Labute approximate surface area is 91.8 Å². The lowest BCUT2D eigenvalue weighted by Crippen LogP contribution is -2.34. The molecule has 0 spiro atoms. The van der Waals surface area contributed by atoms with Gasteiger partial charge in [-0.2, -0.15) is 0 Å². The van der Waals surface area contributed by atoms with E-state index in [2.05, 4.69) is 28.2 Å². The van der Waals surface area contributed by atoms with Gasteiger partial charge in [0.15, 0.2) is 0 Å². The van der Waals surface area contributed by atoms with Crippen LogP contribution in [0.1, 0.15) is 30.1 Å². The first-order chi connectivity index (χ1) is 6.59. The molecule has 74 valence electrons. The van der Waals surface area contributed by atoms with E-state index in [4.69, 9.17) is 0 Å². The molecule has 0 aliphatic heterocycles. The maximum Gasteiger partial charge on any atom is 0.251 e. The van der Waals surface area contributed by atoms with Gasteiger partial charge in [0.25, 0.3) is 5.91 Å². The molecule has 2 rings (SSSR count). The van der Waals surface area contributed by atoms with Crippen LogP contribution in [0.4, 0.5) is 0 Å². The SMILES string of the molecule is CC1(NC(=O)c2ccc(Br)cc2)CC1. The van der Waals surface area contributed by atoms with Gasteiger partial charge >= 0.3 is 0 Å². The van der Waals surface area contributed by atoms with Crippen molar-refractivity contribution in [1.29, 1.82) is 0 Å². The summed E-state index contributed by atoms with van der Waals surface area (Å²) in [5.74, 6) is 0.0255. The fourth-order valence-corrected chi connectivity index (χ4v) is 1.52. The van der Waals surface area contributed by atoms with Gasteiger partial charge in [0.05, 0.1) is 0 Å². The van der Waals surface area contributed by atoms with Crippen molar-refractivity contribution in [3.05, 3.63) is 34.3 Å². The van der Waals surface area contributed by atoms with Crippen molar-refractivity contribution in [3.8, 4) is 0 Å². The van der Waals surface area contributed by atoms with Crippen LogP contribution in [0, 0.1) is 0 Å². The minimum Gasteiger partial charge on any atom is -0.347 e. The van der Waals surface area contributed by atoms with Crippen molar-refractivity contribution >= 4 is 21.8 Å². The Bertz CT molecular complexity index is 354. The lowest BCUT2D eigenvalue weighted by Gasteiger charge is -2.11. The maximum absolute atomic E-state index is 11.7. The van der Waals surface area contributed by atoms with Crippen LogP contribution >= 0.6 is 15.9 Å². The highest BCUT2D eigenvalue weighted by Gasteiger charge is 2.38.